The summed E-state index contributed by atoms with van der Waals surface area (Å²) in [5, 5.41) is 6.02. The number of hydrogen-bond acceptors (Lipinski definition) is 4. The van der Waals surface area contributed by atoms with Gasteiger partial charge in [-0.25, -0.2) is 0 Å². The van der Waals surface area contributed by atoms with E-state index in [1.165, 1.54) is 0 Å². The molecule has 2 N–H and O–H groups in total. The van der Waals surface area contributed by atoms with Gasteiger partial charge in [0.2, 0.25) is 5.91 Å². The van der Waals surface area contributed by atoms with Crippen LogP contribution in [0.2, 0.25) is 0 Å². The Labute approximate surface area is 171 Å². The summed E-state index contributed by atoms with van der Waals surface area (Å²) in [5.41, 5.74) is 1.87. The first-order valence-corrected chi connectivity index (χ1v) is 10.5. The Morgan fingerprint density at radius 2 is 1.69 bits per heavy atom. The molecule has 0 saturated heterocycles. The molecule has 5 rings (SSSR count). The van der Waals surface area contributed by atoms with Gasteiger partial charge in [-0.1, -0.05) is 18.2 Å². The summed E-state index contributed by atoms with van der Waals surface area (Å²) in [6.45, 7) is 5.13. The van der Waals surface area contributed by atoms with Gasteiger partial charge in [-0.2, -0.15) is 0 Å². The number of esters is 1. The lowest BCUT2D eigenvalue weighted by Gasteiger charge is -2.60. The predicted octanol–water partition coefficient (Wildman–Crippen LogP) is 3.26. The van der Waals surface area contributed by atoms with Gasteiger partial charge in [-0.05, 0) is 75.3 Å². The van der Waals surface area contributed by atoms with Crippen LogP contribution in [0.5, 0.6) is 0 Å². The van der Waals surface area contributed by atoms with Gasteiger partial charge in [-0.15, -0.1) is 0 Å². The molecule has 4 aliphatic carbocycles. The van der Waals surface area contributed by atoms with Crippen molar-refractivity contribution in [1.29, 1.82) is 0 Å². The molecule has 4 saturated carbocycles. The maximum absolute atomic E-state index is 13.1. The van der Waals surface area contributed by atoms with E-state index in [1.54, 1.807) is 6.92 Å². The molecule has 4 bridgehead atoms. The number of ether oxygens (including phenoxy) is 1. The van der Waals surface area contributed by atoms with Gasteiger partial charge < -0.3 is 15.4 Å². The molecule has 2 unspecified atom stereocenters. The van der Waals surface area contributed by atoms with Crippen LogP contribution in [-0.2, 0) is 19.1 Å². The molecule has 1 aromatic carbocycles. The Morgan fingerprint density at radius 1 is 1.07 bits per heavy atom. The van der Waals surface area contributed by atoms with E-state index in [1.807, 2.05) is 32.0 Å². The molecule has 0 heterocycles. The number of rotatable bonds is 5. The average Bonchev–Trinajstić information content (AvgIpc) is 2.60. The zero-order valence-electron chi connectivity index (χ0n) is 17.5. The second-order valence-electron chi connectivity index (χ2n) is 9.59. The molecule has 4 atom stereocenters. The van der Waals surface area contributed by atoms with Crippen molar-refractivity contribution in [1.82, 2.24) is 5.32 Å². The maximum Gasteiger partial charge on any atom is 0.312 e. The maximum atomic E-state index is 13.1. The van der Waals surface area contributed by atoms with Gasteiger partial charge in [-0.3, -0.25) is 14.4 Å². The van der Waals surface area contributed by atoms with Gasteiger partial charge in [0, 0.05) is 18.2 Å². The Bertz CT molecular complexity index is 828. The topological polar surface area (TPSA) is 84.5 Å². The summed E-state index contributed by atoms with van der Waals surface area (Å²) >= 11 is 0. The first-order valence-electron chi connectivity index (χ1n) is 10.5. The molecule has 0 aromatic heterocycles. The lowest BCUT2D eigenvalue weighted by Crippen LogP contribution is -2.64. The molecule has 6 heteroatoms. The van der Waals surface area contributed by atoms with Crippen LogP contribution in [0, 0.1) is 31.1 Å². The monoisotopic (exact) mass is 398 g/mol. The fourth-order valence-corrected chi connectivity index (χ4v) is 6.49. The number of aryl methyl sites for hydroxylation is 2. The van der Waals surface area contributed by atoms with Crippen molar-refractivity contribution in [2.45, 2.75) is 64.8 Å². The largest absolute Gasteiger partial charge is 0.455 e. The molecule has 0 spiro atoms. The van der Waals surface area contributed by atoms with E-state index in [0.717, 1.165) is 48.9 Å². The van der Waals surface area contributed by atoms with Crippen LogP contribution in [0.3, 0.4) is 0 Å². The van der Waals surface area contributed by atoms with Gasteiger partial charge in [0.15, 0.2) is 6.61 Å². The fourth-order valence-electron chi connectivity index (χ4n) is 6.49. The van der Waals surface area contributed by atoms with E-state index in [2.05, 4.69) is 10.6 Å². The van der Waals surface area contributed by atoms with Crippen molar-refractivity contribution in [2.24, 2.45) is 17.3 Å². The first-order chi connectivity index (χ1) is 13.7. The highest BCUT2D eigenvalue weighted by Crippen LogP contribution is 2.62. The second kappa shape index (κ2) is 7.15. The molecule has 4 aliphatic rings. The quantitative estimate of drug-likeness (QED) is 0.746. The number of anilines is 1. The van der Waals surface area contributed by atoms with Crippen molar-refractivity contribution in [3.63, 3.8) is 0 Å². The highest BCUT2D eigenvalue weighted by atomic mass is 16.5. The standard InChI is InChI=1S/C23H30N2O4/c1-14-5-4-6-15(2)20(14)24-19(27)12-29-21(28)22-8-17-7-18(9-22)11-23(10-17,13-22)25-16(3)26/h4-6,17-18H,7-13H2,1-3H3,(H,24,27)(H,25,26)/t17-,18+,22?,23?. The normalized spacial score (nSPS) is 32.0. The van der Waals surface area contributed by atoms with Crippen LogP contribution in [0.15, 0.2) is 18.2 Å². The molecular weight excluding hydrogens is 368 g/mol. The first kappa shape index (κ1) is 19.9. The smallest absolute Gasteiger partial charge is 0.312 e. The Balaban J connectivity index is 1.42. The predicted molar refractivity (Wildman–Crippen MR) is 109 cm³/mol. The highest BCUT2D eigenvalue weighted by molar-refractivity contribution is 5.94. The number of nitrogens with one attached hydrogen (secondary N) is 2. The van der Waals surface area contributed by atoms with E-state index >= 15 is 0 Å². The van der Waals surface area contributed by atoms with Crippen molar-refractivity contribution >= 4 is 23.5 Å². The Hall–Kier alpha value is -2.37. The molecule has 0 aliphatic heterocycles. The number of benzene rings is 1. The molecule has 1 aromatic rings. The number of para-hydroxylation sites is 1. The summed E-state index contributed by atoms with van der Waals surface area (Å²) in [5.74, 6) is 0.247. The number of hydrogen-bond donors (Lipinski definition) is 2. The number of carbonyl (C=O) groups excluding carboxylic acids is 3. The molecule has 2 amide bonds. The Morgan fingerprint density at radius 3 is 2.28 bits per heavy atom. The van der Waals surface area contributed by atoms with Crippen LogP contribution >= 0.6 is 0 Å². The SMILES string of the molecule is CC(=O)NC12C[C@H]3C[C@@H](C1)CC(C(=O)OCC(=O)Nc1c(C)cccc1C)(C3)C2. The lowest BCUT2D eigenvalue weighted by atomic mass is 9.47. The summed E-state index contributed by atoms with van der Waals surface area (Å²) in [4.78, 5) is 37.3. The van der Waals surface area contributed by atoms with E-state index in [-0.39, 0.29) is 29.9 Å². The minimum Gasteiger partial charge on any atom is -0.455 e. The third-order valence-electron chi connectivity index (χ3n) is 7.02. The fraction of sp³-hybridized carbons (Fsp3) is 0.609. The van der Waals surface area contributed by atoms with E-state index in [9.17, 15) is 14.4 Å². The van der Waals surface area contributed by atoms with Gasteiger partial charge in [0.25, 0.3) is 5.91 Å². The summed E-state index contributed by atoms with van der Waals surface area (Å²) in [7, 11) is 0. The van der Waals surface area contributed by atoms with Crippen molar-refractivity contribution < 1.29 is 19.1 Å². The minimum atomic E-state index is -0.564. The van der Waals surface area contributed by atoms with Gasteiger partial charge in [0.05, 0.1) is 5.41 Å². The van der Waals surface area contributed by atoms with Crippen LogP contribution in [0.4, 0.5) is 5.69 Å². The van der Waals surface area contributed by atoms with Crippen molar-refractivity contribution in [3.05, 3.63) is 29.3 Å². The Kier molecular flexibility index (Phi) is 4.91. The highest BCUT2D eigenvalue weighted by Gasteiger charge is 2.61. The molecule has 0 radical (unpaired) electrons. The van der Waals surface area contributed by atoms with E-state index in [0.29, 0.717) is 18.3 Å². The molecule has 29 heavy (non-hydrogen) atoms. The zero-order valence-corrected chi connectivity index (χ0v) is 17.5. The molecule has 156 valence electrons. The van der Waals surface area contributed by atoms with E-state index in [4.69, 9.17) is 4.74 Å². The summed E-state index contributed by atoms with van der Waals surface area (Å²) < 4.78 is 5.53. The van der Waals surface area contributed by atoms with Gasteiger partial charge >= 0.3 is 5.97 Å². The van der Waals surface area contributed by atoms with Crippen molar-refractivity contribution in [3.8, 4) is 0 Å². The molecular formula is C23H30N2O4. The van der Waals surface area contributed by atoms with Crippen LogP contribution in [0.1, 0.15) is 56.6 Å². The minimum absolute atomic E-state index is 0.0385. The molecule has 4 fully saturated rings. The number of amides is 2. The summed E-state index contributed by atoms with van der Waals surface area (Å²) in [6, 6.07) is 5.81. The van der Waals surface area contributed by atoms with Crippen LogP contribution < -0.4 is 10.6 Å². The van der Waals surface area contributed by atoms with Gasteiger partial charge in [0.1, 0.15) is 0 Å². The summed E-state index contributed by atoms with van der Waals surface area (Å²) in [6.07, 6.45) is 5.27. The molecule has 6 nitrogen and oxygen atoms in total. The number of carbonyl (C=O) groups is 3. The second-order valence-corrected chi connectivity index (χ2v) is 9.59. The van der Waals surface area contributed by atoms with Crippen molar-refractivity contribution in [2.75, 3.05) is 11.9 Å². The lowest BCUT2D eigenvalue weighted by molar-refractivity contribution is -0.176. The third kappa shape index (κ3) is 3.77. The zero-order chi connectivity index (χ0) is 20.8. The average molecular weight is 399 g/mol. The van der Waals surface area contributed by atoms with Crippen LogP contribution in [-0.4, -0.2) is 29.9 Å². The third-order valence-corrected chi connectivity index (χ3v) is 7.02. The van der Waals surface area contributed by atoms with Crippen LogP contribution in [0.25, 0.3) is 0 Å². The van der Waals surface area contributed by atoms with E-state index < -0.39 is 5.41 Å².